The van der Waals surface area contributed by atoms with Gasteiger partial charge in [0.25, 0.3) is 0 Å². The molecule has 0 aliphatic heterocycles. The molecule has 1 unspecified atom stereocenters. The molecule has 1 atom stereocenters. The number of allylic oxidation sites excluding steroid dienone is 16. The van der Waals surface area contributed by atoms with Crippen molar-refractivity contribution in [2.45, 2.75) is 329 Å². The van der Waals surface area contributed by atoms with Crippen LogP contribution in [0.4, 0.5) is 0 Å². The Bertz CT molecular complexity index is 1530. The molecule has 0 aliphatic carbocycles. The van der Waals surface area contributed by atoms with Crippen molar-refractivity contribution in [2.75, 3.05) is 13.2 Å². The third kappa shape index (κ3) is 63.2. The van der Waals surface area contributed by atoms with Crippen molar-refractivity contribution in [1.29, 1.82) is 0 Å². The Kier molecular flexibility index (Phi) is 62.7. The van der Waals surface area contributed by atoms with Crippen LogP contribution in [-0.4, -0.2) is 37.2 Å². The first kappa shape index (κ1) is 74.3. The lowest BCUT2D eigenvalue weighted by molar-refractivity contribution is -0.167. The second-order valence-corrected chi connectivity index (χ2v) is 22.0. The van der Waals surface area contributed by atoms with Crippen molar-refractivity contribution in [3.63, 3.8) is 0 Å². The van der Waals surface area contributed by atoms with Crippen molar-refractivity contribution in [1.82, 2.24) is 0 Å². The average Bonchev–Trinajstić information content (AvgIpc) is 3.44. The van der Waals surface area contributed by atoms with Crippen molar-refractivity contribution < 1.29 is 28.6 Å². The van der Waals surface area contributed by atoms with Gasteiger partial charge in [-0.25, -0.2) is 0 Å². The van der Waals surface area contributed by atoms with E-state index in [1.807, 2.05) is 0 Å². The summed E-state index contributed by atoms with van der Waals surface area (Å²) in [5.74, 6) is -0.934. The number of esters is 3. The molecule has 0 saturated heterocycles. The van der Waals surface area contributed by atoms with Crippen LogP contribution in [0.25, 0.3) is 0 Å². The Morgan fingerprint density at radius 1 is 0.269 bits per heavy atom. The van der Waals surface area contributed by atoms with Gasteiger partial charge in [-0.3, -0.25) is 14.4 Å². The molecule has 6 nitrogen and oxygen atoms in total. The first-order valence-corrected chi connectivity index (χ1v) is 33.2. The van der Waals surface area contributed by atoms with Gasteiger partial charge in [0.2, 0.25) is 0 Å². The predicted octanol–water partition coefficient (Wildman–Crippen LogP) is 22.8. The molecule has 0 heterocycles. The molecule has 448 valence electrons. The molecule has 0 saturated carbocycles. The number of rotatable bonds is 60. The largest absolute Gasteiger partial charge is 0.462 e. The normalized spacial score (nSPS) is 12.7. The van der Waals surface area contributed by atoms with Gasteiger partial charge < -0.3 is 14.2 Å². The molecule has 0 aliphatic rings. The van der Waals surface area contributed by atoms with Gasteiger partial charge >= 0.3 is 17.9 Å². The van der Waals surface area contributed by atoms with Gasteiger partial charge in [0.05, 0.1) is 0 Å². The van der Waals surface area contributed by atoms with E-state index in [0.717, 1.165) is 109 Å². The van der Waals surface area contributed by atoms with Crippen LogP contribution in [0.3, 0.4) is 0 Å². The first-order chi connectivity index (χ1) is 38.5. The van der Waals surface area contributed by atoms with Crippen LogP contribution in [0.2, 0.25) is 0 Å². The summed E-state index contributed by atoms with van der Waals surface area (Å²) < 4.78 is 16.8. The van der Waals surface area contributed by atoms with E-state index in [1.165, 1.54) is 173 Å². The summed E-state index contributed by atoms with van der Waals surface area (Å²) in [7, 11) is 0. The monoisotopic (exact) mass is 1080 g/mol. The fraction of sp³-hybridized carbons (Fsp3) is 0.736. The molecule has 78 heavy (non-hydrogen) atoms. The molecule has 0 aromatic carbocycles. The smallest absolute Gasteiger partial charge is 0.306 e. The predicted molar refractivity (Wildman–Crippen MR) is 339 cm³/mol. The summed E-state index contributed by atoms with van der Waals surface area (Å²) in [5.41, 5.74) is 0. The van der Waals surface area contributed by atoms with Crippen LogP contribution >= 0.6 is 0 Å². The van der Waals surface area contributed by atoms with Crippen molar-refractivity contribution in [2.24, 2.45) is 0 Å². The molecule has 0 fully saturated rings. The highest BCUT2D eigenvalue weighted by Crippen LogP contribution is 2.17. The number of hydrogen-bond donors (Lipinski definition) is 0. The number of carbonyl (C=O) groups is 3. The third-order valence-electron chi connectivity index (χ3n) is 14.4. The van der Waals surface area contributed by atoms with Crippen LogP contribution < -0.4 is 0 Å². The molecule has 0 N–H and O–H groups in total. The SMILES string of the molecule is CC/C=C\C/C=C\C/C=C\C/C=C\C/C=C\C/C=C\C/C=C\C/C=C\CCCCC(=O)OCC(COC(=O)CCCCCCCC)OC(=O)CCCCCCCCCCCCCCCCCCCCCCCCCCCCC. The Hall–Kier alpha value is -3.67. The molecule has 0 radical (unpaired) electrons. The zero-order chi connectivity index (χ0) is 56.4. The van der Waals surface area contributed by atoms with Crippen molar-refractivity contribution in [3.8, 4) is 0 Å². The van der Waals surface area contributed by atoms with Crippen LogP contribution in [0.1, 0.15) is 323 Å². The molecule has 0 spiro atoms. The summed E-state index contributed by atoms with van der Waals surface area (Å²) in [4.78, 5) is 38.0. The van der Waals surface area contributed by atoms with Crippen LogP contribution in [0.15, 0.2) is 97.2 Å². The summed E-state index contributed by atoms with van der Waals surface area (Å²) in [5, 5.41) is 0. The Labute approximate surface area is 483 Å². The van der Waals surface area contributed by atoms with Gasteiger partial charge in [0.1, 0.15) is 13.2 Å². The minimum Gasteiger partial charge on any atom is -0.462 e. The summed E-state index contributed by atoms with van der Waals surface area (Å²) >= 11 is 0. The third-order valence-corrected chi connectivity index (χ3v) is 14.4. The lowest BCUT2D eigenvalue weighted by atomic mass is 10.0. The Morgan fingerprint density at radius 3 is 0.782 bits per heavy atom. The van der Waals surface area contributed by atoms with E-state index in [1.54, 1.807) is 0 Å². The van der Waals surface area contributed by atoms with E-state index in [4.69, 9.17) is 14.2 Å². The summed E-state index contributed by atoms with van der Waals surface area (Å²) in [6.45, 7) is 6.46. The minimum absolute atomic E-state index is 0.0894. The zero-order valence-electron chi connectivity index (χ0n) is 51.4. The van der Waals surface area contributed by atoms with Gasteiger partial charge in [0.15, 0.2) is 6.10 Å². The van der Waals surface area contributed by atoms with E-state index in [0.29, 0.717) is 19.3 Å². The number of unbranched alkanes of at least 4 members (excludes halogenated alkanes) is 33. The lowest BCUT2D eigenvalue weighted by Crippen LogP contribution is -2.30. The van der Waals surface area contributed by atoms with Crippen LogP contribution in [0, 0.1) is 0 Å². The molecule has 6 heteroatoms. The quantitative estimate of drug-likeness (QED) is 0.0261. The standard InChI is InChI=1S/C72H124O6/c1-4-7-10-13-16-18-20-22-24-26-28-30-32-34-36-38-40-42-44-46-48-50-52-54-56-59-62-65-71(74)77-68-69(67-76-70(73)64-61-58-15-12-9-6-3)78-72(75)66-63-60-57-55-53-51-49-47-45-43-41-39-37-35-33-31-29-27-25-23-21-19-17-14-11-8-5-2/h7,10,16,18,22,24,28,30,34,36,40,42,46,48,52,54,69H,4-6,8-9,11-15,17,19-21,23,25-27,29,31-33,35,37-39,41,43-45,47,49-51,53,55-68H2,1-3H3/b10-7-,18-16-,24-22-,30-28-,36-34-,42-40-,48-46-,54-52-. The minimum atomic E-state index is -0.792. The summed E-state index contributed by atoms with van der Waals surface area (Å²) in [6.07, 6.45) is 89.0. The van der Waals surface area contributed by atoms with Gasteiger partial charge in [-0.05, 0) is 83.5 Å². The Morgan fingerprint density at radius 2 is 0.500 bits per heavy atom. The van der Waals surface area contributed by atoms with E-state index < -0.39 is 6.10 Å². The highest BCUT2D eigenvalue weighted by molar-refractivity contribution is 5.71. The first-order valence-electron chi connectivity index (χ1n) is 33.2. The topological polar surface area (TPSA) is 78.9 Å². The van der Waals surface area contributed by atoms with Crippen molar-refractivity contribution in [3.05, 3.63) is 97.2 Å². The van der Waals surface area contributed by atoms with Gasteiger partial charge in [-0.1, -0.05) is 317 Å². The second kappa shape index (κ2) is 65.8. The summed E-state index contributed by atoms with van der Waals surface area (Å²) in [6, 6.07) is 0. The van der Waals surface area contributed by atoms with Gasteiger partial charge in [-0.2, -0.15) is 0 Å². The maximum atomic E-state index is 12.9. The fourth-order valence-electron chi connectivity index (χ4n) is 9.40. The molecular formula is C72H124O6. The van der Waals surface area contributed by atoms with Gasteiger partial charge in [0, 0.05) is 19.3 Å². The maximum absolute atomic E-state index is 12.9. The fourth-order valence-corrected chi connectivity index (χ4v) is 9.40. The second-order valence-electron chi connectivity index (χ2n) is 22.0. The lowest BCUT2D eigenvalue weighted by Gasteiger charge is -2.18. The Balaban J connectivity index is 4.14. The molecular weight excluding hydrogens is 961 g/mol. The maximum Gasteiger partial charge on any atom is 0.306 e. The van der Waals surface area contributed by atoms with E-state index in [2.05, 4.69) is 118 Å². The zero-order valence-corrected chi connectivity index (χ0v) is 51.4. The number of ether oxygens (including phenoxy) is 3. The highest BCUT2D eigenvalue weighted by atomic mass is 16.6. The van der Waals surface area contributed by atoms with E-state index in [9.17, 15) is 14.4 Å². The molecule has 0 bridgehead atoms. The molecule has 0 rings (SSSR count). The van der Waals surface area contributed by atoms with Crippen LogP contribution in [0.5, 0.6) is 0 Å². The van der Waals surface area contributed by atoms with Crippen molar-refractivity contribution >= 4 is 17.9 Å². The molecule has 0 aromatic rings. The molecule has 0 aromatic heterocycles. The van der Waals surface area contributed by atoms with Crippen LogP contribution in [-0.2, 0) is 28.6 Å². The number of hydrogen-bond acceptors (Lipinski definition) is 6. The average molecular weight is 1090 g/mol. The van der Waals surface area contributed by atoms with E-state index in [-0.39, 0.29) is 31.1 Å². The highest BCUT2D eigenvalue weighted by Gasteiger charge is 2.19. The molecule has 0 amide bonds. The number of carbonyl (C=O) groups excluding carboxylic acids is 3. The van der Waals surface area contributed by atoms with Gasteiger partial charge in [-0.15, -0.1) is 0 Å². The van der Waals surface area contributed by atoms with E-state index >= 15 is 0 Å².